The van der Waals surface area contributed by atoms with Crippen molar-refractivity contribution >= 4 is 11.8 Å². The van der Waals surface area contributed by atoms with Gasteiger partial charge in [0.15, 0.2) is 0 Å². The topological polar surface area (TPSA) is 53.5 Å². The molecule has 1 aliphatic rings. The zero-order chi connectivity index (χ0) is 22.3. The van der Waals surface area contributed by atoms with Gasteiger partial charge in [0, 0.05) is 44.1 Å². The lowest BCUT2D eigenvalue weighted by Crippen LogP contribution is -2.38. The summed E-state index contributed by atoms with van der Waals surface area (Å²) in [5.41, 5.74) is 3.82. The van der Waals surface area contributed by atoms with Crippen molar-refractivity contribution in [2.24, 2.45) is 5.92 Å². The maximum Gasteiger partial charge on any atom is 0.253 e. The molecule has 1 saturated heterocycles. The molecule has 0 radical (unpaired) electrons. The molecule has 1 atom stereocenters. The molecule has 0 saturated carbocycles. The third kappa shape index (κ3) is 4.94. The molecule has 5 nitrogen and oxygen atoms in total. The van der Waals surface area contributed by atoms with Crippen LogP contribution in [0.3, 0.4) is 0 Å². The summed E-state index contributed by atoms with van der Waals surface area (Å²) in [6, 6.07) is 21.4. The molecule has 0 N–H and O–H groups in total. The largest absolute Gasteiger partial charge is 0.337 e. The van der Waals surface area contributed by atoms with E-state index in [1.54, 1.807) is 17.2 Å². The van der Waals surface area contributed by atoms with Gasteiger partial charge in [-0.1, -0.05) is 54.6 Å². The summed E-state index contributed by atoms with van der Waals surface area (Å²) in [6.07, 6.45) is 5.90. The van der Waals surface area contributed by atoms with Crippen LogP contribution in [0.25, 0.3) is 11.1 Å². The number of nitrogens with zero attached hydrogens (tertiary/aromatic N) is 3. The third-order valence-electron chi connectivity index (χ3n) is 5.80. The van der Waals surface area contributed by atoms with Crippen molar-refractivity contribution in [2.75, 3.05) is 26.2 Å². The Labute approximate surface area is 189 Å². The molecule has 3 aromatic rings. The highest BCUT2D eigenvalue weighted by Crippen LogP contribution is 2.23. The van der Waals surface area contributed by atoms with Gasteiger partial charge in [0.05, 0.1) is 5.92 Å². The Hall–Kier alpha value is -3.73. The van der Waals surface area contributed by atoms with Crippen molar-refractivity contribution in [1.29, 1.82) is 0 Å². The van der Waals surface area contributed by atoms with Crippen LogP contribution in [0.1, 0.15) is 15.9 Å². The highest BCUT2D eigenvalue weighted by molar-refractivity contribution is 5.94. The van der Waals surface area contributed by atoms with Gasteiger partial charge < -0.3 is 9.80 Å². The molecule has 1 fully saturated rings. The lowest BCUT2D eigenvalue weighted by molar-refractivity contribution is -0.134. The van der Waals surface area contributed by atoms with E-state index in [4.69, 9.17) is 0 Å². The van der Waals surface area contributed by atoms with Crippen molar-refractivity contribution in [3.63, 3.8) is 0 Å². The van der Waals surface area contributed by atoms with Crippen LogP contribution in [0.2, 0.25) is 0 Å². The van der Waals surface area contributed by atoms with E-state index in [-0.39, 0.29) is 17.7 Å². The van der Waals surface area contributed by atoms with Crippen LogP contribution in [0.5, 0.6) is 0 Å². The summed E-state index contributed by atoms with van der Waals surface area (Å²) in [5.74, 6) is -0.276. The third-order valence-corrected chi connectivity index (χ3v) is 5.80. The number of pyridine rings is 1. The first-order valence-corrected chi connectivity index (χ1v) is 10.9. The zero-order valence-electron chi connectivity index (χ0n) is 18.1. The molecule has 0 bridgehead atoms. The molecule has 4 rings (SSSR count). The Morgan fingerprint density at radius 2 is 1.84 bits per heavy atom. The van der Waals surface area contributed by atoms with Crippen LogP contribution in [-0.2, 0) is 11.2 Å². The Kier molecular flexibility index (Phi) is 6.75. The lowest BCUT2D eigenvalue weighted by atomic mass is 9.95. The van der Waals surface area contributed by atoms with Crippen LogP contribution in [0.15, 0.2) is 91.8 Å². The molecule has 1 aromatic heterocycles. The molecule has 0 spiro atoms. The molecule has 0 unspecified atom stereocenters. The fraction of sp³-hybridized carbons (Fsp3) is 0.222. The Bertz CT molecular complexity index is 1080. The monoisotopic (exact) mass is 425 g/mol. The van der Waals surface area contributed by atoms with E-state index in [2.05, 4.69) is 17.6 Å². The molecule has 2 aromatic carbocycles. The van der Waals surface area contributed by atoms with Gasteiger partial charge in [-0.3, -0.25) is 14.6 Å². The van der Waals surface area contributed by atoms with Crippen molar-refractivity contribution in [3.05, 3.63) is 103 Å². The predicted octanol–water partition coefficient (Wildman–Crippen LogP) is 4.08. The van der Waals surface area contributed by atoms with E-state index >= 15 is 0 Å². The Morgan fingerprint density at radius 3 is 2.59 bits per heavy atom. The minimum absolute atomic E-state index is 0.0343. The lowest BCUT2D eigenvalue weighted by Gasteiger charge is -2.24. The number of carbonyl (C=O) groups is 2. The molecule has 32 heavy (non-hydrogen) atoms. The number of hydrogen-bond donors (Lipinski definition) is 0. The first-order chi connectivity index (χ1) is 15.7. The summed E-state index contributed by atoms with van der Waals surface area (Å²) in [6.45, 7) is 5.70. The maximum atomic E-state index is 13.3. The fourth-order valence-corrected chi connectivity index (χ4v) is 4.18. The van der Waals surface area contributed by atoms with Crippen molar-refractivity contribution in [1.82, 2.24) is 14.8 Å². The summed E-state index contributed by atoms with van der Waals surface area (Å²) >= 11 is 0. The molecule has 2 heterocycles. The van der Waals surface area contributed by atoms with Crippen LogP contribution in [-0.4, -0.2) is 52.8 Å². The van der Waals surface area contributed by atoms with Gasteiger partial charge in [0.25, 0.3) is 5.91 Å². The summed E-state index contributed by atoms with van der Waals surface area (Å²) in [4.78, 5) is 34.3. The maximum absolute atomic E-state index is 13.3. The first-order valence-electron chi connectivity index (χ1n) is 10.9. The second-order valence-corrected chi connectivity index (χ2v) is 8.03. The van der Waals surface area contributed by atoms with Gasteiger partial charge in [-0.2, -0.15) is 0 Å². The predicted molar refractivity (Wildman–Crippen MR) is 126 cm³/mol. The highest BCUT2D eigenvalue weighted by Gasteiger charge is 2.32. The van der Waals surface area contributed by atoms with Gasteiger partial charge in [-0.15, -0.1) is 6.58 Å². The SMILES string of the molecule is C=CCN1CCN(C(=O)c2ccccc2)C[C@@H](Cc2cccc(-c3cccnc3)c2)C1=O. The minimum Gasteiger partial charge on any atom is -0.337 e. The Morgan fingerprint density at radius 1 is 1.03 bits per heavy atom. The van der Waals surface area contributed by atoms with Crippen molar-refractivity contribution in [2.45, 2.75) is 6.42 Å². The summed E-state index contributed by atoms with van der Waals surface area (Å²) < 4.78 is 0. The molecule has 2 amide bonds. The van der Waals surface area contributed by atoms with E-state index in [0.29, 0.717) is 38.2 Å². The van der Waals surface area contributed by atoms with Gasteiger partial charge in [0.1, 0.15) is 0 Å². The van der Waals surface area contributed by atoms with Crippen LogP contribution in [0, 0.1) is 5.92 Å². The van der Waals surface area contributed by atoms with Gasteiger partial charge >= 0.3 is 0 Å². The van der Waals surface area contributed by atoms with Gasteiger partial charge in [-0.25, -0.2) is 0 Å². The highest BCUT2D eigenvalue weighted by atomic mass is 16.2. The quantitative estimate of drug-likeness (QED) is 0.559. The standard InChI is InChI=1S/C27H27N3O2/c1-2-14-29-15-16-30(26(31)22-9-4-3-5-10-22)20-25(27(29)32)18-21-8-6-11-23(17-21)24-12-7-13-28-19-24/h2-13,17,19,25H,1,14-16,18,20H2/t25-/m1/s1. The van der Waals surface area contributed by atoms with Crippen molar-refractivity contribution in [3.8, 4) is 11.1 Å². The molecule has 1 aliphatic heterocycles. The number of aromatic nitrogens is 1. The molecule has 5 heteroatoms. The van der Waals surface area contributed by atoms with Crippen LogP contribution >= 0.6 is 0 Å². The number of carbonyl (C=O) groups excluding carboxylic acids is 2. The van der Waals surface area contributed by atoms with E-state index in [0.717, 1.165) is 16.7 Å². The van der Waals surface area contributed by atoms with Crippen molar-refractivity contribution < 1.29 is 9.59 Å². The number of benzene rings is 2. The van der Waals surface area contributed by atoms with E-state index in [9.17, 15) is 9.59 Å². The molecule has 162 valence electrons. The average molecular weight is 426 g/mol. The average Bonchev–Trinajstić information content (AvgIpc) is 2.99. The first kappa shape index (κ1) is 21.5. The van der Waals surface area contributed by atoms with Crippen LogP contribution in [0.4, 0.5) is 0 Å². The minimum atomic E-state index is -0.311. The van der Waals surface area contributed by atoms with E-state index in [1.165, 1.54) is 0 Å². The smallest absolute Gasteiger partial charge is 0.253 e. The molecular weight excluding hydrogens is 398 g/mol. The van der Waals surface area contributed by atoms with Gasteiger partial charge in [0.2, 0.25) is 5.91 Å². The fourth-order valence-electron chi connectivity index (χ4n) is 4.18. The second kappa shape index (κ2) is 10.1. The number of hydrogen-bond acceptors (Lipinski definition) is 3. The van der Waals surface area contributed by atoms with Crippen LogP contribution < -0.4 is 0 Å². The Balaban J connectivity index is 1.59. The van der Waals surface area contributed by atoms with Gasteiger partial charge in [-0.05, 0) is 41.3 Å². The normalized spacial score (nSPS) is 16.5. The molecule has 0 aliphatic carbocycles. The summed E-state index contributed by atoms with van der Waals surface area (Å²) in [5, 5.41) is 0. The second-order valence-electron chi connectivity index (χ2n) is 8.03. The summed E-state index contributed by atoms with van der Waals surface area (Å²) in [7, 11) is 0. The zero-order valence-corrected chi connectivity index (χ0v) is 18.1. The van der Waals surface area contributed by atoms with E-state index in [1.807, 2.05) is 71.8 Å². The number of amides is 2. The molecular formula is C27H27N3O2. The number of rotatable bonds is 6. The van der Waals surface area contributed by atoms with E-state index < -0.39 is 0 Å².